The molecule has 0 aliphatic heterocycles. The van der Waals surface area contributed by atoms with Crippen LogP contribution < -0.4 is 16.0 Å². The summed E-state index contributed by atoms with van der Waals surface area (Å²) in [4.78, 5) is 12.4. The topological polar surface area (TPSA) is 86.0 Å². The molecule has 0 bridgehead atoms. The molecular formula is C10H13N5OS2. The number of nitrogens with one attached hydrogen (secondary N) is 1. The van der Waals surface area contributed by atoms with Crippen molar-refractivity contribution in [2.45, 2.75) is 22.7 Å². The second kappa shape index (κ2) is 6.53. The van der Waals surface area contributed by atoms with Crippen molar-refractivity contribution in [2.75, 3.05) is 12.0 Å². The molecule has 0 fully saturated rings. The average Bonchev–Trinajstić information content (AvgIpc) is 2.89. The summed E-state index contributed by atoms with van der Waals surface area (Å²) in [6.07, 6.45) is 0.893. The lowest BCUT2D eigenvalue weighted by molar-refractivity contribution is 0.288. The molecule has 0 saturated heterocycles. The standard InChI is InChI=1S/C10H13N5OS2/c1-2-5-16-9-12-8(15-11)13-10(14-9)18-7-4-3-6-17-7/h3-4,6H,2,5,11H2,1H3,(H,12,13,14,15). The quantitative estimate of drug-likeness (QED) is 0.620. The summed E-state index contributed by atoms with van der Waals surface area (Å²) in [6.45, 7) is 2.59. The highest BCUT2D eigenvalue weighted by molar-refractivity contribution is 8.01. The molecular weight excluding hydrogens is 270 g/mol. The molecule has 0 aromatic carbocycles. The van der Waals surface area contributed by atoms with Crippen molar-refractivity contribution in [1.29, 1.82) is 0 Å². The normalized spacial score (nSPS) is 10.3. The highest BCUT2D eigenvalue weighted by Gasteiger charge is 2.08. The predicted molar refractivity (Wildman–Crippen MR) is 71.9 cm³/mol. The van der Waals surface area contributed by atoms with Crippen LogP contribution in [0.25, 0.3) is 0 Å². The molecule has 96 valence electrons. The SMILES string of the molecule is CCCOc1nc(NN)nc(Sc2cccs2)n1. The summed E-state index contributed by atoms with van der Waals surface area (Å²) in [5, 5.41) is 2.56. The maximum absolute atomic E-state index is 5.39. The van der Waals surface area contributed by atoms with Gasteiger partial charge in [-0.2, -0.15) is 15.0 Å². The van der Waals surface area contributed by atoms with E-state index < -0.39 is 0 Å². The predicted octanol–water partition coefficient (Wildman–Crippen LogP) is 2.16. The number of nitrogens with two attached hydrogens (primary N) is 1. The molecule has 8 heteroatoms. The largest absolute Gasteiger partial charge is 0.463 e. The summed E-state index contributed by atoms with van der Waals surface area (Å²) in [7, 11) is 0. The van der Waals surface area contributed by atoms with Crippen molar-refractivity contribution in [3.05, 3.63) is 17.5 Å². The van der Waals surface area contributed by atoms with E-state index in [-0.39, 0.29) is 0 Å². The summed E-state index contributed by atoms with van der Waals surface area (Å²) >= 11 is 3.08. The highest BCUT2D eigenvalue weighted by atomic mass is 32.2. The highest BCUT2D eigenvalue weighted by Crippen LogP contribution is 2.29. The minimum absolute atomic E-state index is 0.291. The van der Waals surface area contributed by atoms with Crippen molar-refractivity contribution < 1.29 is 4.74 Å². The van der Waals surface area contributed by atoms with E-state index in [4.69, 9.17) is 10.6 Å². The minimum Gasteiger partial charge on any atom is -0.463 e. The van der Waals surface area contributed by atoms with Gasteiger partial charge in [0.1, 0.15) is 0 Å². The monoisotopic (exact) mass is 283 g/mol. The first-order valence-electron chi connectivity index (χ1n) is 5.38. The first kappa shape index (κ1) is 13.1. The average molecular weight is 283 g/mol. The Balaban J connectivity index is 2.17. The van der Waals surface area contributed by atoms with Crippen molar-refractivity contribution in [2.24, 2.45) is 5.84 Å². The van der Waals surface area contributed by atoms with Crippen LogP contribution in [0, 0.1) is 0 Å². The second-order valence-electron chi connectivity index (χ2n) is 3.25. The molecule has 2 heterocycles. The molecule has 6 nitrogen and oxygen atoms in total. The lowest BCUT2D eigenvalue weighted by Crippen LogP contribution is -2.13. The molecule has 18 heavy (non-hydrogen) atoms. The summed E-state index contributed by atoms with van der Waals surface area (Å²) in [5.74, 6) is 5.63. The van der Waals surface area contributed by atoms with Crippen LogP contribution in [0.4, 0.5) is 5.95 Å². The Hall–Kier alpha value is -1.38. The number of nitrogen functional groups attached to an aromatic ring is 1. The number of nitrogens with zero attached hydrogens (tertiary/aromatic N) is 3. The molecule has 0 unspecified atom stereocenters. The molecule has 0 aliphatic carbocycles. The van der Waals surface area contributed by atoms with E-state index in [9.17, 15) is 0 Å². The zero-order valence-electron chi connectivity index (χ0n) is 9.79. The van der Waals surface area contributed by atoms with Gasteiger partial charge in [-0.1, -0.05) is 13.0 Å². The summed E-state index contributed by atoms with van der Waals surface area (Å²) in [6, 6.07) is 4.27. The molecule has 2 aromatic rings. The van der Waals surface area contributed by atoms with Gasteiger partial charge in [-0.05, 0) is 29.6 Å². The van der Waals surface area contributed by atoms with Crippen molar-refractivity contribution >= 4 is 29.0 Å². The first-order valence-corrected chi connectivity index (χ1v) is 7.08. The molecule has 3 N–H and O–H groups in total. The fourth-order valence-corrected chi connectivity index (χ4v) is 2.73. The zero-order valence-corrected chi connectivity index (χ0v) is 11.4. The number of aromatic nitrogens is 3. The van der Waals surface area contributed by atoms with E-state index >= 15 is 0 Å². The molecule has 0 saturated carbocycles. The van der Waals surface area contributed by atoms with Gasteiger partial charge in [0.25, 0.3) is 0 Å². The maximum atomic E-state index is 5.39. The number of hydrogen-bond acceptors (Lipinski definition) is 8. The molecule has 0 aliphatic rings. The number of hydrazine groups is 1. The Bertz CT molecular complexity index is 491. The van der Waals surface area contributed by atoms with E-state index in [2.05, 4.69) is 20.4 Å². The van der Waals surface area contributed by atoms with Crippen LogP contribution in [0.2, 0.25) is 0 Å². The third-order valence-corrected chi connectivity index (χ3v) is 3.75. The molecule has 0 radical (unpaired) electrons. The van der Waals surface area contributed by atoms with Crippen LogP contribution in [-0.4, -0.2) is 21.6 Å². The fourth-order valence-electron chi connectivity index (χ4n) is 1.12. The lowest BCUT2D eigenvalue weighted by atomic mass is 10.5. The van der Waals surface area contributed by atoms with Crippen LogP contribution in [0.1, 0.15) is 13.3 Å². The van der Waals surface area contributed by atoms with Gasteiger partial charge in [-0.3, -0.25) is 5.43 Å². The minimum atomic E-state index is 0.291. The Morgan fingerprint density at radius 2 is 2.33 bits per heavy atom. The van der Waals surface area contributed by atoms with Crippen LogP contribution >= 0.6 is 23.1 Å². The molecule has 2 aromatic heterocycles. The van der Waals surface area contributed by atoms with Gasteiger partial charge in [0.15, 0.2) is 0 Å². The molecule has 0 spiro atoms. The molecule has 0 amide bonds. The Morgan fingerprint density at radius 3 is 3.00 bits per heavy atom. The van der Waals surface area contributed by atoms with E-state index in [0.717, 1.165) is 10.6 Å². The van der Waals surface area contributed by atoms with Gasteiger partial charge in [0.2, 0.25) is 11.1 Å². The lowest BCUT2D eigenvalue weighted by Gasteiger charge is -2.06. The zero-order chi connectivity index (χ0) is 12.8. The van der Waals surface area contributed by atoms with Gasteiger partial charge in [0, 0.05) is 0 Å². The van der Waals surface area contributed by atoms with E-state index in [1.54, 1.807) is 11.3 Å². The van der Waals surface area contributed by atoms with Gasteiger partial charge < -0.3 is 4.74 Å². The van der Waals surface area contributed by atoms with Gasteiger partial charge in [0.05, 0.1) is 10.8 Å². The van der Waals surface area contributed by atoms with Gasteiger partial charge in [-0.15, -0.1) is 11.3 Å². The number of ether oxygens (including phenoxy) is 1. The van der Waals surface area contributed by atoms with Crippen molar-refractivity contribution in [3.8, 4) is 6.01 Å². The van der Waals surface area contributed by atoms with Gasteiger partial charge in [-0.25, -0.2) is 5.84 Å². The van der Waals surface area contributed by atoms with Crippen LogP contribution in [0.5, 0.6) is 6.01 Å². The van der Waals surface area contributed by atoms with Crippen LogP contribution in [-0.2, 0) is 0 Å². The van der Waals surface area contributed by atoms with Crippen molar-refractivity contribution in [1.82, 2.24) is 15.0 Å². The van der Waals surface area contributed by atoms with Crippen molar-refractivity contribution in [3.63, 3.8) is 0 Å². The Morgan fingerprint density at radius 1 is 1.44 bits per heavy atom. The number of anilines is 1. The van der Waals surface area contributed by atoms with E-state index in [1.807, 2.05) is 24.4 Å². The smallest absolute Gasteiger partial charge is 0.322 e. The number of hydrogen-bond donors (Lipinski definition) is 2. The first-order chi connectivity index (χ1) is 8.81. The maximum Gasteiger partial charge on any atom is 0.322 e. The fraction of sp³-hybridized carbons (Fsp3) is 0.300. The van der Waals surface area contributed by atoms with Crippen LogP contribution in [0.15, 0.2) is 26.9 Å². The summed E-state index contributed by atoms with van der Waals surface area (Å²) < 4.78 is 6.49. The summed E-state index contributed by atoms with van der Waals surface area (Å²) in [5.41, 5.74) is 2.41. The molecule has 2 rings (SSSR count). The second-order valence-corrected chi connectivity index (χ2v) is 5.47. The molecule has 0 atom stereocenters. The third kappa shape index (κ3) is 3.56. The Kier molecular flexibility index (Phi) is 4.73. The van der Waals surface area contributed by atoms with E-state index in [1.165, 1.54) is 11.8 Å². The van der Waals surface area contributed by atoms with Crippen LogP contribution in [0.3, 0.4) is 0 Å². The Labute approximate surface area is 113 Å². The number of rotatable bonds is 6. The van der Waals surface area contributed by atoms with Gasteiger partial charge >= 0.3 is 6.01 Å². The number of thiophene rings is 1. The van der Waals surface area contributed by atoms with E-state index in [0.29, 0.717) is 23.7 Å². The third-order valence-electron chi connectivity index (χ3n) is 1.85.